The van der Waals surface area contributed by atoms with Crippen LogP contribution in [0.5, 0.6) is 0 Å². The van der Waals surface area contributed by atoms with E-state index < -0.39 is 11.8 Å². The maximum atomic E-state index is 12.6. The van der Waals surface area contributed by atoms with Crippen LogP contribution in [0.3, 0.4) is 0 Å². The summed E-state index contributed by atoms with van der Waals surface area (Å²) in [6.07, 6.45) is 2.02. The lowest BCUT2D eigenvalue weighted by Gasteiger charge is -2.24. The van der Waals surface area contributed by atoms with Gasteiger partial charge in [0.25, 0.3) is 11.8 Å². The summed E-state index contributed by atoms with van der Waals surface area (Å²) in [5, 5.41) is 0. The molecule has 3 rings (SSSR count). The van der Waals surface area contributed by atoms with Gasteiger partial charge in [-0.25, -0.2) is 0 Å². The number of carbonyl (C=O) groups is 4. The van der Waals surface area contributed by atoms with Crippen LogP contribution < -0.4 is 0 Å². The van der Waals surface area contributed by atoms with E-state index in [9.17, 15) is 19.2 Å². The van der Waals surface area contributed by atoms with Crippen molar-refractivity contribution in [2.45, 2.75) is 26.2 Å². The number of rotatable bonds is 4. The molecule has 138 valence electrons. The molecule has 0 aromatic heterocycles. The third kappa shape index (κ3) is 3.47. The lowest BCUT2D eigenvalue weighted by molar-refractivity contribution is -0.133. The Hall–Kier alpha value is -2.70. The number of fused-ring (bicyclic) bond motifs is 1. The third-order valence-corrected chi connectivity index (χ3v) is 4.84. The Bertz CT molecular complexity index is 711. The summed E-state index contributed by atoms with van der Waals surface area (Å²) in [6.45, 7) is 3.79. The van der Waals surface area contributed by atoms with Gasteiger partial charge in [-0.15, -0.1) is 0 Å². The Labute approximate surface area is 152 Å². The maximum Gasteiger partial charge on any atom is 0.262 e. The van der Waals surface area contributed by atoms with Gasteiger partial charge < -0.3 is 9.80 Å². The van der Waals surface area contributed by atoms with Gasteiger partial charge in [-0.05, 0) is 25.0 Å². The Morgan fingerprint density at radius 1 is 0.885 bits per heavy atom. The number of benzene rings is 1. The smallest absolute Gasteiger partial charge is 0.262 e. The second-order valence-corrected chi connectivity index (χ2v) is 6.61. The second kappa shape index (κ2) is 7.68. The van der Waals surface area contributed by atoms with E-state index in [-0.39, 0.29) is 18.4 Å². The quantitative estimate of drug-likeness (QED) is 0.757. The molecule has 1 aromatic carbocycles. The molecular weight excluding hydrogens is 334 g/mol. The van der Waals surface area contributed by atoms with Crippen molar-refractivity contribution in [3.63, 3.8) is 0 Å². The highest BCUT2D eigenvalue weighted by atomic mass is 16.2. The van der Waals surface area contributed by atoms with Crippen molar-refractivity contribution in [2.75, 3.05) is 32.7 Å². The summed E-state index contributed by atoms with van der Waals surface area (Å²) in [5.74, 6) is -0.992. The largest absolute Gasteiger partial charge is 0.341 e. The predicted molar refractivity (Wildman–Crippen MR) is 94.5 cm³/mol. The van der Waals surface area contributed by atoms with E-state index in [0.29, 0.717) is 50.1 Å². The molecule has 0 N–H and O–H groups in total. The van der Waals surface area contributed by atoms with Gasteiger partial charge in [0.05, 0.1) is 11.1 Å². The minimum atomic E-state index is -0.423. The minimum Gasteiger partial charge on any atom is -0.341 e. The maximum absolute atomic E-state index is 12.6. The van der Waals surface area contributed by atoms with Gasteiger partial charge in [-0.2, -0.15) is 0 Å². The van der Waals surface area contributed by atoms with Crippen LogP contribution >= 0.6 is 0 Å². The molecule has 2 aliphatic heterocycles. The van der Waals surface area contributed by atoms with Crippen molar-refractivity contribution in [1.29, 1.82) is 0 Å². The highest BCUT2D eigenvalue weighted by Gasteiger charge is 2.37. The molecule has 0 atom stereocenters. The zero-order valence-corrected chi connectivity index (χ0v) is 14.9. The van der Waals surface area contributed by atoms with E-state index in [1.54, 1.807) is 34.1 Å². The minimum absolute atomic E-state index is 0.113. The van der Waals surface area contributed by atoms with Gasteiger partial charge in [-0.1, -0.05) is 19.1 Å². The fraction of sp³-hybridized carbons (Fsp3) is 0.474. The van der Waals surface area contributed by atoms with Crippen LogP contribution in [-0.4, -0.2) is 71.1 Å². The molecule has 4 amide bonds. The molecular formula is C19H23N3O4. The highest BCUT2D eigenvalue weighted by molar-refractivity contribution is 6.22. The molecule has 0 bridgehead atoms. The molecule has 1 aromatic rings. The van der Waals surface area contributed by atoms with Gasteiger partial charge in [0.2, 0.25) is 11.8 Å². The van der Waals surface area contributed by atoms with Crippen molar-refractivity contribution in [3.05, 3.63) is 35.4 Å². The SMILES string of the molecule is CCCC(=O)N1CCCN(C(=O)CN2C(=O)c3ccccc3C2=O)CC1. The lowest BCUT2D eigenvalue weighted by atomic mass is 10.1. The molecule has 0 radical (unpaired) electrons. The van der Waals surface area contributed by atoms with Crippen molar-refractivity contribution >= 4 is 23.6 Å². The molecule has 2 aliphatic rings. The van der Waals surface area contributed by atoms with Gasteiger partial charge in [0, 0.05) is 32.6 Å². The first-order valence-corrected chi connectivity index (χ1v) is 9.03. The average Bonchev–Trinajstić information content (AvgIpc) is 2.83. The van der Waals surface area contributed by atoms with Gasteiger partial charge in [0.15, 0.2) is 0 Å². The number of hydrogen-bond donors (Lipinski definition) is 0. The first-order chi connectivity index (χ1) is 12.5. The fourth-order valence-electron chi connectivity index (χ4n) is 3.41. The van der Waals surface area contributed by atoms with E-state index in [4.69, 9.17) is 0 Å². The molecule has 0 saturated carbocycles. The molecule has 1 fully saturated rings. The molecule has 2 heterocycles. The average molecular weight is 357 g/mol. The molecule has 0 unspecified atom stereocenters. The number of carbonyl (C=O) groups excluding carboxylic acids is 4. The van der Waals surface area contributed by atoms with E-state index >= 15 is 0 Å². The molecule has 26 heavy (non-hydrogen) atoms. The molecule has 1 saturated heterocycles. The van der Waals surface area contributed by atoms with Crippen molar-refractivity contribution in [1.82, 2.24) is 14.7 Å². The second-order valence-electron chi connectivity index (χ2n) is 6.61. The zero-order valence-electron chi connectivity index (χ0n) is 14.9. The fourth-order valence-corrected chi connectivity index (χ4v) is 3.41. The predicted octanol–water partition coefficient (Wildman–Crippen LogP) is 1.14. The Kier molecular flexibility index (Phi) is 5.35. The first kappa shape index (κ1) is 18.1. The van der Waals surface area contributed by atoms with Crippen molar-refractivity contribution in [2.24, 2.45) is 0 Å². The van der Waals surface area contributed by atoms with E-state index in [1.807, 2.05) is 6.92 Å². The Morgan fingerprint density at radius 2 is 1.42 bits per heavy atom. The third-order valence-electron chi connectivity index (χ3n) is 4.84. The van der Waals surface area contributed by atoms with E-state index in [0.717, 1.165) is 11.3 Å². The number of imide groups is 1. The Balaban J connectivity index is 1.62. The number of hydrogen-bond acceptors (Lipinski definition) is 4. The molecule has 0 spiro atoms. The van der Waals surface area contributed by atoms with Crippen LogP contribution in [0.15, 0.2) is 24.3 Å². The van der Waals surface area contributed by atoms with Crippen LogP contribution in [0.2, 0.25) is 0 Å². The van der Waals surface area contributed by atoms with E-state index in [2.05, 4.69) is 0 Å². The zero-order chi connectivity index (χ0) is 18.7. The lowest BCUT2D eigenvalue weighted by Crippen LogP contribution is -2.44. The summed E-state index contributed by atoms with van der Waals surface area (Å²) in [6, 6.07) is 6.60. The van der Waals surface area contributed by atoms with Crippen LogP contribution in [0.4, 0.5) is 0 Å². The number of nitrogens with zero attached hydrogens (tertiary/aromatic N) is 3. The first-order valence-electron chi connectivity index (χ1n) is 9.03. The summed E-state index contributed by atoms with van der Waals surface area (Å²) in [7, 11) is 0. The highest BCUT2D eigenvalue weighted by Crippen LogP contribution is 2.22. The van der Waals surface area contributed by atoms with Crippen LogP contribution in [0.25, 0.3) is 0 Å². The normalized spacial score (nSPS) is 17.3. The monoisotopic (exact) mass is 357 g/mol. The standard InChI is InChI=1S/C19H23N3O4/c1-2-6-16(23)20-9-5-10-21(12-11-20)17(24)13-22-18(25)14-7-3-4-8-15(14)19(22)26/h3-4,7-8H,2,5-6,9-13H2,1H3. The van der Waals surface area contributed by atoms with E-state index in [1.165, 1.54) is 0 Å². The summed E-state index contributed by atoms with van der Waals surface area (Å²) < 4.78 is 0. The number of amides is 4. The van der Waals surface area contributed by atoms with Crippen molar-refractivity contribution in [3.8, 4) is 0 Å². The molecule has 7 nitrogen and oxygen atoms in total. The van der Waals surface area contributed by atoms with Crippen molar-refractivity contribution < 1.29 is 19.2 Å². The summed E-state index contributed by atoms with van der Waals surface area (Å²) in [4.78, 5) is 53.9. The molecule has 7 heteroatoms. The van der Waals surface area contributed by atoms with Gasteiger partial charge >= 0.3 is 0 Å². The van der Waals surface area contributed by atoms with Crippen LogP contribution in [0, 0.1) is 0 Å². The summed E-state index contributed by atoms with van der Waals surface area (Å²) in [5.41, 5.74) is 0.690. The van der Waals surface area contributed by atoms with Crippen LogP contribution in [0.1, 0.15) is 46.9 Å². The Morgan fingerprint density at radius 3 is 1.96 bits per heavy atom. The topological polar surface area (TPSA) is 78.0 Å². The molecule has 0 aliphatic carbocycles. The summed E-state index contributed by atoms with van der Waals surface area (Å²) >= 11 is 0. The van der Waals surface area contributed by atoms with Crippen LogP contribution in [-0.2, 0) is 9.59 Å². The van der Waals surface area contributed by atoms with Gasteiger partial charge in [-0.3, -0.25) is 24.1 Å². The van der Waals surface area contributed by atoms with Gasteiger partial charge in [0.1, 0.15) is 6.54 Å².